The van der Waals surface area contributed by atoms with Crippen LogP contribution in [0.3, 0.4) is 0 Å². The number of hydrogen-bond donors (Lipinski definition) is 1. The molecular formula is C18H23N3O3. The lowest BCUT2D eigenvalue weighted by Crippen LogP contribution is -2.32. The van der Waals surface area contributed by atoms with Gasteiger partial charge in [-0.3, -0.25) is 9.59 Å². The summed E-state index contributed by atoms with van der Waals surface area (Å²) in [5.41, 5.74) is 1.04. The molecule has 0 unspecified atom stereocenters. The minimum Gasteiger partial charge on any atom is -0.497 e. The van der Waals surface area contributed by atoms with Gasteiger partial charge in [0, 0.05) is 12.6 Å². The second-order valence-electron chi connectivity index (χ2n) is 5.49. The van der Waals surface area contributed by atoms with Crippen molar-refractivity contribution in [3.63, 3.8) is 0 Å². The molecule has 6 heteroatoms. The second-order valence-corrected chi connectivity index (χ2v) is 5.49. The zero-order chi connectivity index (χ0) is 17.5. The summed E-state index contributed by atoms with van der Waals surface area (Å²) in [6.07, 6.45) is 1.52. The molecule has 1 N–H and O–H groups in total. The lowest BCUT2D eigenvalue weighted by molar-refractivity contribution is 0.0928. The fraction of sp³-hybridized carbons (Fsp3) is 0.389. The van der Waals surface area contributed by atoms with Gasteiger partial charge in [-0.25, -0.2) is 4.68 Å². The molecule has 0 radical (unpaired) electrons. The van der Waals surface area contributed by atoms with Crippen LogP contribution in [0.1, 0.15) is 48.8 Å². The fourth-order valence-electron chi connectivity index (χ4n) is 2.43. The number of aryl methyl sites for hydroxylation is 1. The number of carbonyl (C=O) groups excluding carboxylic acids is 1. The fourth-order valence-corrected chi connectivity index (χ4v) is 2.43. The second kappa shape index (κ2) is 8.29. The number of benzene rings is 1. The number of amides is 1. The Hall–Kier alpha value is -2.63. The third kappa shape index (κ3) is 4.22. The highest BCUT2D eigenvalue weighted by atomic mass is 16.5. The Morgan fingerprint density at radius 3 is 2.50 bits per heavy atom. The Balaban J connectivity index is 2.16. The van der Waals surface area contributed by atoms with E-state index < -0.39 is 0 Å². The van der Waals surface area contributed by atoms with Crippen LogP contribution in [0.15, 0.2) is 41.2 Å². The number of ether oxygens (including phenoxy) is 1. The molecule has 24 heavy (non-hydrogen) atoms. The number of aromatic nitrogens is 2. The Labute approximate surface area is 141 Å². The van der Waals surface area contributed by atoms with Crippen LogP contribution in [0.25, 0.3) is 0 Å². The van der Waals surface area contributed by atoms with Gasteiger partial charge < -0.3 is 10.1 Å². The summed E-state index contributed by atoms with van der Waals surface area (Å²) in [5, 5.41) is 7.11. The van der Waals surface area contributed by atoms with Crippen molar-refractivity contribution in [3.05, 3.63) is 58.0 Å². The van der Waals surface area contributed by atoms with Crippen molar-refractivity contribution in [2.24, 2.45) is 0 Å². The van der Waals surface area contributed by atoms with Crippen LogP contribution in [0, 0.1) is 0 Å². The Kier molecular flexibility index (Phi) is 6.12. The van der Waals surface area contributed by atoms with Crippen molar-refractivity contribution in [1.82, 2.24) is 15.1 Å². The molecule has 0 spiro atoms. The summed E-state index contributed by atoms with van der Waals surface area (Å²) in [6, 6.07) is 10.3. The molecule has 1 aromatic carbocycles. The Morgan fingerprint density at radius 1 is 1.21 bits per heavy atom. The van der Waals surface area contributed by atoms with Gasteiger partial charge in [0.25, 0.3) is 11.5 Å². The molecule has 0 aliphatic rings. The van der Waals surface area contributed by atoms with Gasteiger partial charge in [0.1, 0.15) is 11.4 Å². The summed E-state index contributed by atoms with van der Waals surface area (Å²) in [4.78, 5) is 24.2. The molecule has 2 rings (SSSR count). The highest BCUT2D eigenvalue weighted by molar-refractivity contribution is 5.92. The molecule has 2 aromatic rings. The van der Waals surface area contributed by atoms with Crippen LogP contribution in [-0.2, 0) is 6.54 Å². The highest BCUT2D eigenvalue weighted by Crippen LogP contribution is 2.20. The molecule has 0 aliphatic carbocycles. The third-order valence-corrected chi connectivity index (χ3v) is 3.77. The molecule has 1 atom stereocenters. The van der Waals surface area contributed by atoms with Crippen LogP contribution >= 0.6 is 0 Å². The summed E-state index contributed by atoms with van der Waals surface area (Å²) < 4.78 is 6.47. The number of methoxy groups -OCH3 is 1. The van der Waals surface area contributed by atoms with Crippen molar-refractivity contribution in [2.75, 3.05) is 7.11 Å². The first-order valence-corrected chi connectivity index (χ1v) is 8.12. The predicted molar refractivity (Wildman–Crippen MR) is 92.3 cm³/mol. The van der Waals surface area contributed by atoms with Gasteiger partial charge in [-0.15, -0.1) is 0 Å². The monoisotopic (exact) mass is 329 g/mol. The maximum Gasteiger partial charge on any atom is 0.272 e. The van der Waals surface area contributed by atoms with Crippen molar-refractivity contribution in [1.29, 1.82) is 0 Å². The smallest absolute Gasteiger partial charge is 0.272 e. The van der Waals surface area contributed by atoms with Crippen LogP contribution in [0.2, 0.25) is 0 Å². The number of hydrogen-bond acceptors (Lipinski definition) is 4. The van der Waals surface area contributed by atoms with Crippen molar-refractivity contribution < 1.29 is 9.53 Å². The first-order chi connectivity index (χ1) is 11.6. The van der Waals surface area contributed by atoms with Crippen molar-refractivity contribution >= 4 is 5.91 Å². The standard InChI is InChI=1S/C18H23N3O3/c1-4-12-21-17(22)11-10-16(20-21)18(23)19-15(5-2)13-6-8-14(24-3)9-7-13/h6-11,15H,4-5,12H2,1-3H3,(H,19,23)/t15-/m0/s1. The number of carbonyl (C=O) groups is 1. The van der Waals surface area contributed by atoms with E-state index in [2.05, 4.69) is 10.4 Å². The molecule has 0 saturated heterocycles. The maximum atomic E-state index is 12.5. The number of nitrogens with one attached hydrogen (secondary N) is 1. The normalized spacial score (nSPS) is 11.8. The lowest BCUT2D eigenvalue weighted by atomic mass is 10.0. The molecule has 128 valence electrons. The van der Waals surface area contributed by atoms with E-state index in [1.54, 1.807) is 7.11 Å². The van der Waals surface area contributed by atoms with E-state index in [0.29, 0.717) is 6.54 Å². The summed E-state index contributed by atoms with van der Waals surface area (Å²) >= 11 is 0. The largest absolute Gasteiger partial charge is 0.497 e. The molecule has 0 aliphatic heterocycles. The maximum absolute atomic E-state index is 12.5. The van der Waals surface area contributed by atoms with E-state index in [4.69, 9.17) is 4.74 Å². The van der Waals surface area contributed by atoms with Gasteiger partial charge in [0.05, 0.1) is 13.2 Å². The summed E-state index contributed by atoms with van der Waals surface area (Å²) in [5.74, 6) is 0.482. The predicted octanol–water partition coefficient (Wildman–Crippen LogP) is 2.54. The number of nitrogens with zero attached hydrogens (tertiary/aromatic N) is 2. The zero-order valence-corrected chi connectivity index (χ0v) is 14.3. The molecule has 1 amide bonds. The van der Waals surface area contributed by atoms with Crippen LogP contribution in [0.4, 0.5) is 0 Å². The molecule has 1 heterocycles. The molecule has 0 bridgehead atoms. The van der Waals surface area contributed by atoms with Crippen LogP contribution < -0.4 is 15.6 Å². The topological polar surface area (TPSA) is 73.2 Å². The minimum atomic E-state index is -0.289. The first kappa shape index (κ1) is 17.7. The summed E-state index contributed by atoms with van der Waals surface area (Å²) in [7, 11) is 1.62. The van der Waals surface area contributed by atoms with E-state index in [9.17, 15) is 9.59 Å². The molecule has 0 saturated carbocycles. The van der Waals surface area contributed by atoms with E-state index in [0.717, 1.165) is 24.2 Å². The van der Waals surface area contributed by atoms with Crippen molar-refractivity contribution in [3.8, 4) is 5.75 Å². The van der Waals surface area contributed by atoms with E-state index >= 15 is 0 Å². The van der Waals surface area contributed by atoms with Gasteiger partial charge in [0.2, 0.25) is 0 Å². The summed E-state index contributed by atoms with van der Waals surface area (Å²) in [6.45, 7) is 4.45. The van der Waals surface area contributed by atoms with Gasteiger partial charge in [-0.1, -0.05) is 26.0 Å². The van der Waals surface area contributed by atoms with Gasteiger partial charge in [-0.05, 0) is 36.6 Å². The Morgan fingerprint density at radius 2 is 1.92 bits per heavy atom. The quantitative estimate of drug-likeness (QED) is 0.847. The molecule has 0 fully saturated rings. The van der Waals surface area contributed by atoms with Crippen LogP contribution in [0.5, 0.6) is 5.75 Å². The molecular weight excluding hydrogens is 306 g/mol. The average Bonchev–Trinajstić information content (AvgIpc) is 2.61. The van der Waals surface area contributed by atoms with Crippen molar-refractivity contribution in [2.45, 2.75) is 39.3 Å². The number of rotatable bonds is 7. The van der Waals surface area contributed by atoms with Crippen LogP contribution in [-0.4, -0.2) is 22.8 Å². The van der Waals surface area contributed by atoms with Gasteiger partial charge in [-0.2, -0.15) is 5.10 Å². The van der Waals surface area contributed by atoms with Gasteiger partial charge in [0.15, 0.2) is 0 Å². The molecule has 6 nitrogen and oxygen atoms in total. The van der Waals surface area contributed by atoms with E-state index in [1.165, 1.54) is 16.8 Å². The first-order valence-electron chi connectivity index (χ1n) is 8.12. The van der Waals surface area contributed by atoms with E-state index in [1.807, 2.05) is 38.1 Å². The van der Waals surface area contributed by atoms with E-state index in [-0.39, 0.29) is 23.2 Å². The SMILES string of the molecule is CCCn1nc(C(=O)N[C@@H](CC)c2ccc(OC)cc2)ccc1=O. The minimum absolute atomic E-state index is 0.128. The third-order valence-electron chi connectivity index (χ3n) is 3.77. The highest BCUT2D eigenvalue weighted by Gasteiger charge is 2.16. The lowest BCUT2D eigenvalue weighted by Gasteiger charge is -2.17. The van der Waals surface area contributed by atoms with Gasteiger partial charge >= 0.3 is 0 Å². The molecule has 1 aromatic heterocycles. The Bertz CT molecular complexity index is 738. The zero-order valence-electron chi connectivity index (χ0n) is 14.3. The average molecular weight is 329 g/mol.